The molecule has 8 nitrogen and oxygen atoms in total. The predicted molar refractivity (Wildman–Crippen MR) is 82.1 cm³/mol. The number of amides is 1. The summed E-state index contributed by atoms with van der Waals surface area (Å²) in [7, 11) is 2.06. The molecule has 0 aliphatic carbocycles. The molecule has 1 unspecified atom stereocenters. The van der Waals surface area contributed by atoms with Crippen LogP contribution < -0.4 is 15.8 Å². The lowest BCUT2D eigenvalue weighted by atomic mass is 10.0. The van der Waals surface area contributed by atoms with Crippen molar-refractivity contribution in [3.05, 3.63) is 28.3 Å². The molecule has 8 heteroatoms. The average Bonchev–Trinajstić information content (AvgIpc) is 2.46. The number of hydrogen-bond acceptors (Lipinski definition) is 6. The van der Waals surface area contributed by atoms with Gasteiger partial charge in [-0.15, -0.1) is 0 Å². The first-order valence-electron chi connectivity index (χ1n) is 7.17. The second-order valence-electron chi connectivity index (χ2n) is 5.37. The Bertz CT molecular complexity index is 564. The minimum Gasteiger partial charge on any atom is -0.410 e. The summed E-state index contributed by atoms with van der Waals surface area (Å²) in [6, 6.07) is 4.55. The fraction of sp³-hybridized carbons (Fsp3) is 0.500. The third kappa shape index (κ3) is 4.08. The van der Waals surface area contributed by atoms with Crippen LogP contribution >= 0.6 is 0 Å². The largest absolute Gasteiger partial charge is 0.410 e. The van der Waals surface area contributed by atoms with Crippen LogP contribution in [-0.2, 0) is 0 Å². The number of likely N-dealkylation sites (N-methyl/N-ethyl adjacent to an activating group) is 1. The highest BCUT2D eigenvalue weighted by Crippen LogP contribution is 2.29. The molecule has 0 radical (unpaired) electrons. The monoisotopic (exact) mass is 308 g/mol. The second-order valence-corrected chi connectivity index (χ2v) is 5.37. The maximum absolute atomic E-state index is 11.2. The van der Waals surface area contributed by atoms with E-state index < -0.39 is 11.0 Å². The Labute approximate surface area is 128 Å². The zero-order valence-corrected chi connectivity index (χ0v) is 12.4. The van der Waals surface area contributed by atoms with Crippen LogP contribution in [0.2, 0.25) is 0 Å². The van der Waals surface area contributed by atoms with E-state index >= 15 is 0 Å². The van der Waals surface area contributed by atoms with E-state index in [-0.39, 0.29) is 11.4 Å². The lowest BCUT2D eigenvalue weighted by molar-refractivity contribution is -0.384. The van der Waals surface area contributed by atoms with Crippen molar-refractivity contribution in [3.8, 4) is 5.75 Å². The topological polar surface area (TPSA) is 111 Å². The quantitative estimate of drug-likeness (QED) is 0.635. The molecule has 1 atom stereocenters. The van der Waals surface area contributed by atoms with E-state index in [4.69, 9.17) is 5.73 Å². The van der Waals surface area contributed by atoms with Crippen LogP contribution in [0.1, 0.15) is 19.3 Å². The van der Waals surface area contributed by atoms with Crippen molar-refractivity contribution in [1.82, 2.24) is 4.90 Å². The number of anilines is 1. The van der Waals surface area contributed by atoms with Gasteiger partial charge in [0.1, 0.15) is 11.4 Å². The number of nitrogens with zero attached hydrogens (tertiary/aromatic N) is 2. The normalized spacial score (nSPS) is 18.7. The summed E-state index contributed by atoms with van der Waals surface area (Å²) < 4.78 is 4.67. The highest BCUT2D eigenvalue weighted by molar-refractivity contribution is 5.70. The number of nitro groups is 1. The summed E-state index contributed by atoms with van der Waals surface area (Å²) >= 11 is 0. The van der Waals surface area contributed by atoms with Gasteiger partial charge in [-0.25, -0.2) is 4.79 Å². The number of hydrogen-bond donors (Lipinski definition) is 2. The Balaban J connectivity index is 2.09. The van der Waals surface area contributed by atoms with E-state index in [1.54, 1.807) is 0 Å². The number of likely N-dealkylation sites (tertiary alicyclic amines) is 1. The van der Waals surface area contributed by atoms with Gasteiger partial charge in [-0.2, -0.15) is 0 Å². The highest BCUT2D eigenvalue weighted by Gasteiger charge is 2.21. The van der Waals surface area contributed by atoms with Crippen molar-refractivity contribution in [1.29, 1.82) is 0 Å². The molecule has 1 aromatic rings. The Hall–Kier alpha value is -2.35. The van der Waals surface area contributed by atoms with Gasteiger partial charge in [0.25, 0.3) is 5.69 Å². The number of nitrogens with two attached hydrogens (primary N) is 1. The molecular formula is C14H20N4O4. The molecule has 22 heavy (non-hydrogen) atoms. The summed E-state index contributed by atoms with van der Waals surface area (Å²) in [6.07, 6.45) is 2.43. The molecule has 0 spiro atoms. The molecule has 0 saturated carbocycles. The number of nitro benzene ring substituents is 1. The number of carbonyl (C=O) groups is 1. The van der Waals surface area contributed by atoms with Crippen LogP contribution in [0.4, 0.5) is 16.2 Å². The first-order valence-corrected chi connectivity index (χ1v) is 7.17. The fourth-order valence-corrected chi connectivity index (χ4v) is 2.62. The van der Waals surface area contributed by atoms with Crippen LogP contribution in [0.3, 0.4) is 0 Å². The Kier molecular flexibility index (Phi) is 5.16. The molecule has 1 amide bonds. The van der Waals surface area contributed by atoms with Crippen molar-refractivity contribution in [2.24, 2.45) is 5.73 Å². The summed E-state index contributed by atoms with van der Waals surface area (Å²) in [6.45, 7) is 1.67. The Morgan fingerprint density at radius 3 is 2.95 bits per heavy atom. The van der Waals surface area contributed by atoms with E-state index in [0.717, 1.165) is 13.0 Å². The van der Waals surface area contributed by atoms with E-state index in [2.05, 4.69) is 22.0 Å². The van der Waals surface area contributed by atoms with Gasteiger partial charge in [0.2, 0.25) is 0 Å². The van der Waals surface area contributed by atoms with E-state index in [1.807, 2.05) is 0 Å². The molecule has 1 fully saturated rings. The third-order valence-electron chi connectivity index (χ3n) is 3.83. The van der Waals surface area contributed by atoms with Crippen molar-refractivity contribution in [2.75, 3.05) is 25.5 Å². The maximum atomic E-state index is 11.2. The lowest BCUT2D eigenvalue weighted by Gasteiger charge is -2.32. The van der Waals surface area contributed by atoms with Gasteiger partial charge in [-0.3, -0.25) is 10.1 Å². The first-order chi connectivity index (χ1) is 10.5. The number of carbonyl (C=O) groups excluding carboxylic acids is 1. The highest BCUT2D eigenvalue weighted by atomic mass is 16.6. The van der Waals surface area contributed by atoms with E-state index in [0.29, 0.717) is 18.3 Å². The molecular weight excluding hydrogens is 288 g/mol. The smallest absolute Gasteiger partial charge is 0.409 e. The number of primary amides is 1. The molecule has 120 valence electrons. The lowest BCUT2D eigenvalue weighted by Crippen LogP contribution is -2.40. The Morgan fingerprint density at radius 2 is 2.32 bits per heavy atom. The number of benzene rings is 1. The summed E-state index contributed by atoms with van der Waals surface area (Å²) in [5.74, 6) is 0.0551. The first kappa shape index (κ1) is 16.0. The van der Waals surface area contributed by atoms with E-state index in [9.17, 15) is 14.9 Å². The van der Waals surface area contributed by atoms with Crippen LogP contribution in [0, 0.1) is 10.1 Å². The van der Waals surface area contributed by atoms with Gasteiger partial charge in [0, 0.05) is 12.6 Å². The van der Waals surface area contributed by atoms with Crippen molar-refractivity contribution in [3.63, 3.8) is 0 Å². The van der Waals surface area contributed by atoms with Crippen molar-refractivity contribution >= 4 is 17.5 Å². The van der Waals surface area contributed by atoms with Crippen LogP contribution in [0.5, 0.6) is 5.75 Å². The summed E-state index contributed by atoms with van der Waals surface area (Å²) in [4.78, 5) is 23.6. The minimum atomic E-state index is -1.00. The van der Waals surface area contributed by atoms with Gasteiger partial charge < -0.3 is 20.7 Å². The van der Waals surface area contributed by atoms with Gasteiger partial charge in [0.15, 0.2) is 0 Å². The third-order valence-corrected chi connectivity index (χ3v) is 3.83. The van der Waals surface area contributed by atoms with Crippen LogP contribution in [0.25, 0.3) is 0 Å². The van der Waals surface area contributed by atoms with Gasteiger partial charge in [0.05, 0.1) is 11.0 Å². The molecule has 1 aliphatic rings. The predicted octanol–water partition coefficient (Wildman–Crippen LogP) is 1.95. The fourth-order valence-electron chi connectivity index (χ4n) is 2.62. The molecule has 1 saturated heterocycles. The van der Waals surface area contributed by atoms with Gasteiger partial charge in [-0.1, -0.05) is 6.42 Å². The van der Waals surface area contributed by atoms with E-state index in [1.165, 1.54) is 31.0 Å². The second kappa shape index (κ2) is 7.08. The standard InChI is InChI=1S/C14H20N4O4/c1-17-7-3-2-4-10(17)9-16-12-6-5-11(22-14(15)19)8-13(12)18(20)21/h5-6,8,10,16H,2-4,7,9H2,1H3,(H2,15,19). The molecule has 1 aromatic carbocycles. The SMILES string of the molecule is CN1CCCCC1CNc1ccc(OC(N)=O)cc1[N+](=O)[O-]. The average molecular weight is 308 g/mol. The number of ether oxygens (including phenoxy) is 1. The van der Waals surface area contributed by atoms with Crippen molar-refractivity contribution < 1.29 is 14.5 Å². The van der Waals surface area contributed by atoms with Crippen LogP contribution in [0.15, 0.2) is 18.2 Å². The minimum absolute atomic E-state index is 0.0551. The summed E-state index contributed by atoms with van der Waals surface area (Å²) in [5, 5.41) is 14.3. The number of piperidine rings is 1. The molecule has 2 rings (SSSR count). The Morgan fingerprint density at radius 1 is 1.55 bits per heavy atom. The molecule has 3 N–H and O–H groups in total. The molecule has 1 heterocycles. The molecule has 0 aromatic heterocycles. The van der Waals surface area contributed by atoms with Gasteiger partial charge in [-0.05, 0) is 38.6 Å². The maximum Gasteiger partial charge on any atom is 0.409 e. The number of nitrogens with one attached hydrogen (secondary N) is 1. The zero-order valence-electron chi connectivity index (χ0n) is 12.4. The summed E-state index contributed by atoms with van der Waals surface area (Å²) in [5.41, 5.74) is 5.17. The molecule has 0 bridgehead atoms. The zero-order chi connectivity index (χ0) is 16.1. The molecule has 1 aliphatic heterocycles. The van der Waals surface area contributed by atoms with Crippen molar-refractivity contribution in [2.45, 2.75) is 25.3 Å². The number of rotatable bonds is 5. The van der Waals surface area contributed by atoms with Crippen LogP contribution in [-0.4, -0.2) is 42.1 Å². The van der Waals surface area contributed by atoms with Gasteiger partial charge >= 0.3 is 6.09 Å².